The van der Waals surface area contributed by atoms with Crippen molar-refractivity contribution in [1.82, 2.24) is 15.2 Å². The molecule has 0 aliphatic heterocycles. The Morgan fingerprint density at radius 1 is 1.53 bits per heavy atom. The number of nitrogen functional groups attached to an aromatic ring is 1. The highest BCUT2D eigenvalue weighted by Crippen LogP contribution is 2.32. The number of likely N-dealkylation sites (N-methyl/N-ethyl adjacent to an activating group) is 2. The number of nitrogens with two attached hydrogens (primary N) is 1. The molecule has 2 heterocycles. The van der Waals surface area contributed by atoms with Gasteiger partial charge in [0.15, 0.2) is 0 Å². The van der Waals surface area contributed by atoms with Crippen LogP contribution in [-0.2, 0) is 4.79 Å². The minimum Gasteiger partial charge on any atom is -0.397 e. The van der Waals surface area contributed by atoms with Crippen LogP contribution in [0.25, 0.3) is 10.2 Å². The first kappa shape index (κ1) is 13.3. The van der Waals surface area contributed by atoms with E-state index in [1.807, 2.05) is 6.07 Å². The fourth-order valence-corrected chi connectivity index (χ4v) is 2.71. The SMILES string of the molecule is CNC(=O)CN(C)C(=O)c1sc2ncccc2c1N. The van der Waals surface area contributed by atoms with Crippen molar-refractivity contribution in [1.29, 1.82) is 0 Å². The number of hydrogen-bond donors (Lipinski definition) is 2. The predicted octanol–water partition coefficient (Wildman–Crippen LogP) is 0.696. The highest BCUT2D eigenvalue weighted by Gasteiger charge is 2.21. The Balaban J connectivity index is 2.31. The summed E-state index contributed by atoms with van der Waals surface area (Å²) in [5.41, 5.74) is 6.38. The number of nitrogens with zero attached hydrogens (tertiary/aromatic N) is 2. The Kier molecular flexibility index (Phi) is 3.66. The van der Waals surface area contributed by atoms with Gasteiger partial charge in [-0.3, -0.25) is 9.59 Å². The van der Waals surface area contributed by atoms with Crippen LogP contribution in [-0.4, -0.2) is 42.3 Å². The molecule has 0 saturated carbocycles. The van der Waals surface area contributed by atoms with Crippen molar-refractivity contribution in [2.75, 3.05) is 26.4 Å². The van der Waals surface area contributed by atoms with Gasteiger partial charge in [0.05, 0.1) is 12.2 Å². The molecule has 0 atom stereocenters. The van der Waals surface area contributed by atoms with Crippen molar-refractivity contribution < 1.29 is 9.59 Å². The van der Waals surface area contributed by atoms with E-state index in [9.17, 15) is 9.59 Å². The van der Waals surface area contributed by atoms with Gasteiger partial charge < -0.3 is 16.0 Å². The van der Waals surface area contributed by atoms with Gasteiger partial charge in [-0.1, -0.05) is 0 Å². The lowest BCUT2D eigenvalue weighted by atomic mass is 10.2. The Bertz CT molecular complexity index is 638. The third-order valence-electron chi connectivity index (χ3n) is 2.71. The van der Waals surface area contributed by atoms with E-state index in [-0.39, 0.29) is 18.4 Å². The minimum absolute atomic E-state index is 0.00352. The van der Waals surface area contributed by atoms with E-state index in [1.54, 1.807) is 19.3 Å². The van der Waals surface area contributed by atoms with E-state index in [0.29, 0.717) is 10.6 Å². The number of carbonyl (C=O) groups excluding carboxylic acids is 2. The molecule has 0 fully saturated rings. The summed E-state index contributed by atoms with van der Waals surface area (Å²) < 4.78 is 0. The van der Waals surface area contributed by atoms with Crippen molar-refractivity contribution in [3.8, 4) is 0 Å². The molecule has 0 aliphatic rings. The first-order valence-corrected chi connectivity index (χ1v) is 6.45. The molecular formula is C12H14N4O2S. The van der Waals surface area contributed by atoms with Gasteiger partial charge in [-0.2, -0.15) is 0 Å². The summed E-state index contributed by atoms with van der Waals surface area (Å²) in [6.07, 6.45) is 1.65. The van der Waals surface area contributed by atoms with Crippen LogP contribution in [0.5, 0.6) is 0 Å². The number of pyridine rings is 1. The number of anilines is 1. The maximum atomic E-state index is 12.2. The van der Waals surface area contributed by atoms with Crippen LogP contribution in [0.1, 0.15) is 9.67 Å². The van der Waals surface area contributed by atoms with Crippen LogP contribution in [0.2, 0.25) is 0 Å². The van der Waals surface area contributed by atoms with Crippen LogP contribution < -0.4 is 11.1 Å². The van der Waals surface area contributed by atoms with E-state index in [4.69, 9.17) is 5.73 Å². The number of thiophene rings is 1. The lowest BCUT2D eigenvalue weighted by Crippen LogP contribution is -2.36. The summed E-state index contributed by atoms with van der Waals surface area (Å²) in [6, 6.07) is 3.59. The molecule has 3 N–H and O–H groups in total. The molecule has 0 unspecified atom stereocenters. The molecule has 19 heavy (non-hydrogen) atoms. The molecule has 0 bridgehead atoms. The van der Waals surface area contributed by atoms with E-state index < -0.39 is 0 Å². The second kappa shape index (κ2) is 5.23. The zero-order valence-electron chi connectivity index (χ0n) is 10.6. The average Bonchev–Trinajstić information content (AvgIpc) is 2.75. The second-order valence-corrected chi connectivity index (χ2v) is 5.03. The summed E-state index contributed by atoms with van der Waals surface area (Å²) >= 11 is 1.24. The number of carbonyl (C=O) groups is 2. The maximum Gasteiger partial charge on any atom is 0.266 e. The Morgan fingerprint density at radius 3 is 2.89 bits per heavy atom. The molecule has 7 heteroatoms. The van der Waals surface area contributed by atoms with Gasteiger partial charge in [0.25, 0.3) is 5.91 Å². The zero-order valence-corrected chi connectivity index (χ0v) is 11.5. The van der Waals surface area contributed by atoms with Gasteiger partial charge in [-0.05, 0) is 12.1 Å². The van der Waals surface area contributed by atoms with Crippen molar-refractivity contribution in [3.05, 3.63) is 23.2 Å². The third kappa shape index (κ3) is 2.50. The normalized spacial score (nSPS) is 10.4. The molecule has 100 valence electrons. The zero-order chi connectivity index (χ0) is 14.0. The van der Waals surface area contributed by atoms with Gasteiger partial charge in [0.1, 0.15) is 9.71 Å². The van der Waals surface area contributed by atoms with E-state index in [1.165, 1.54) is 23.3 Å². The standard InChI is InChI=1S/C12H14N4O2S/c1-14-8(17)6-16(2)12(18)10-9(13)7-4-3-5-15-11(7)19-10/h3-5H,6,13H2,1-2H3,(H,14,17). The van der Waals surface area contributed by atoms with Gasteiger partial charge in [0, 0.05) is 25.7 Å². The monoisotopic (exact) mass is 278 g/mol. The summed E-state index contributed by atoms with van der Waals surface area (Å²) in [7, 11) is 3.09. The van der Waals surface area contributed by atoms with Crippen LogP contribution in [0.4, 0.5) is 5.69 Å². The lowest BCUT2D eigenvalue weighted by Gasteiger charge is -2.15. The molecule has 0 aliphatic carbocycles. The molecule has 0 saturated heterocycles. The van der Waals surface area contributed by atoms with Gasteiger partial charge in [-0.15, -0.1) is 11.3 Å². The fraction of sp³-hybridized carbons (Fsp3) is 0.250. The minimum atomic E-state index is -0.274. The van der Waals surface area contributed by atoms with E-state index >= 15 is 0 Å². The number of fused-ring (bicyclic) bond motifs is 1. The van der Waals surface area contributed by atoms with Crippen molar-refractivity contribution >= 4 is 39.1 Å². The van der Waals surface area contributed by atoms with Crippen molar-refractivity contribution in [2.24, 2.45) is 0 Å². The predicted molar refractivity (Wildman–Crippen MR) is 75.1 cm³/mol. The van der Waals surface area contributed by atoms with Crippen LogP contribution in [0, 0.1) is 0 Å². The van der Waals surface area contributed by atoms with Gasteiger partial charge >= 0.3 is 0 Å². The van der Waals surface area contributed by atoms with Gasteiger partial charge in [0.2, 0.25) is 5.91 Å². The Morgan fingerprint density at radius 2 is 2.26 bits per heavy atom. The molecular weight excluding hydrogens is 264 g/mol. The average molecular weight is 278 g/mol. The molecule has 6 nitrogen and oxygen atoms in total. The van der Waals surface area contributed by atoms with Crippen molar-refractivity contribution in [2.45, 2.75) is 0 Å². The third-order valence-corrected chi connectivity index (χ3v) is 3.82. The molecule has 0 spiro atoms. The van der Waals surface area contributed by atoms with Crippen molar-refractivity contribution in [3.63, 3.8) is 0 Å². The molecule has 2 rings (SSSR count). The maximum absolute atomic E-state index is 12.2. The largest absolute Gasteiger partial charge is 0.397 e. The highest BCUT2D eigenvalue weighted by molar-refractivity contribution is 7.21. The topological polar surface area (TPSA) is 88.3 Å². The molecule has 0 aromatic carbocycles. The smallest absolute Gasteiger partial charge is 0.266 e. The molecule has 2 aromatic rings. The van der Waals surface area contributed by atoms with E-state index in [0.717, 1.165) is 10.2 Å². The van der Waals surface area contributed by atoms with Crippen LogP contribution >= 0.6 is 11.3 Å². The Hall–Kier alpha value is -2.15. The second-order valence-electron chi connectivity index (χ2n) is 4.04. The highest BCUT2D eigenvalue weighted by atomic mass is 32.1. The number of rotatable bonds is 3. The summed E-state index contributed by atoms with van der Waals surface area (Å²) in [4.78, 5) is 30.1. The van der Waals surface area contributed by atoms with Crippen LogP contribution in [0.15, 0.2) is 18.3 Å². The molecule has 2 amide bonds. The molecule has 0 radical (unpaired) electrons. The fourth-order valence-electron chi connectivity index (χ4n) is 1.65. The Labute approximate surface area is 114 Å². The summed E-state index contributed by atoms with van der Waals surface area (Å²) in [5.74, 6) is -0.502. The van der Waals surface area contributed by atoms with Gasteiger partial charge in [-0.25, -0.2) is 4.98 Å². The number of aromatic nitrogens is 1. The number of nitrogens with one attached hydrogen (secondary N) is 1. The van der Waals surface area contributed by atoms with E-state index in [2.05, 4.69) is 10.3 Å². The summed E-state index contributed by atoms with van der Waals surface area (Å²) in [5, 5.41) is 3.24. The first-order chi connectivity index (χ1) is 9.04. The quantitative estimate of drug-likeness (QED) is 0.865. The first-order valence-electron chi connectivity index (χ1n) is 5.63. The summed E-state index contributed by atoms with van der Waals surface area (Å²) in [6.45, 7) is -0.00352. The number of amides is 2. The molecule has 2 aromatic heterocycles. The lowest BCUT2D eigenvalue weighted by molar-refractivity contribution is -0.121. The number of hydrogen-bond acceptors (Lipinski definition) is 5. The van der Waals surface area contributed by atoms with Crippen LogP contribution in [0.3, 0.4) is 0 Å².